The van der Waals surface area contributed by atoms with E-state index in [4.69, 9.17) is 0 Å². The lowest BCUT2D eigenvalue weighted by Crippen LogP contribution is -1.83. The normalized spacial score (nSPS) is 10.7. The number of rotatable bonds is 1. The summed E-state index contributed by atoms with van der Waals surface area (Å²) in [5, 5.41) is 0.663. The molecule has 0 aliphatic heterocycles. The summed E-state index contributed by atoms with van der Waals surface area (Å²) in [6, 6.07) is 4.82. The molecule has 0 bridgehead atoms. The van der Waals surface area contributed by atoms with Gasteiger partial charge >= 0.3 is 0 Å². The van der Waals surface area contributed by atoms with Gasteiger partial charge in [-0.05, 0) is 25.1 Å². The fraction of sp³-hybridized carbons (Fsp3) is 0.100. The molecule has 0 spiro atoms. The number of thiazole rings is 1. The molecule has 0 saturated heterocycles. The summed E-state index contributed by atoms with van der Waals surface area (Å²) in [5.74, 6) is -0.264. The first-order chi connectivity index (χ1) is 7.08. The van der Waals surface area contributed by atoms with Crippen molar-refractivity contribution in [3.05, 3.63) is 34.2 Å². The lowest BCUT2D eigenvalue weighted by Gasteiger charge is -1.99. The van der Waals surface area contributed by atoms with Gasteiger partial charge in [0.2, 0.25) is 0 Å². The number of halogens is 2. The maximum Gasteiger partial charge on any atom is 0.133 e. The third kappa shape index (κ3) is 2.24. The van der Waals surface area contributed by atoms with Crippen molar-refractivity contribution in [1.82, 2.24) is 4.98 Å². The van der Waals surface area contributed by atoms with Crippen LogP contribution in [0.5, 0.6) is 0 Å². The molecule has 2 rings (SSSR count). The Labute approximate surface area is 105 Å². The average Bonchev–Trinajstić information content (AvgIpc) is 2.51. The van der Waals surface area contributed by atoms with Crippen molar-refractivity contribution < 1.29 is 4.39 Å². The van der Waals surface area contributed by atoms with E-state index < -0.39 is 0 Å². The molecule has 2 aromatic rings. The van der Waals surface area contributed by atoms with Crippen LogP contribution in [0.3, 0.4) is 0 Å². The highest BCUT2D eigenvalue weighted by Gasteiger charge is 2.11. The molecule has 1 aromatic carbocycles. The van der Waals surface area contributed by atoms with Crippen LogP contribution in [0.25, 0.3) is 10.6 Å². The largest absolute Gasteiger partial charge is 0.240 e. The fourth-order valence-corrected chi connectivity index (χ4v) is 2.66. The first kappa shape index (κ1) is 11.1. The highest BCUT2D eigenvalue weighted by molar-refractivity contribution is 9.10. The Hall–Kier alpha value is -0.390. The van der Waals surface area contributed by atoms with Gasteiger partial charge in [-0.3, -0.25) is 0 Å². The number of hydrogen-bond donors (Lipinski definition) is 1. The molecule has 0 amide bonds. The second-order valence-corrected chi connectivity index (χ2v) is 5.70. The van der Waals surface area contributed by atoms with Crippen LogP contribution in [-0.4, -0.2) is 4.98 Å². The summed E-state index contributed by atoms with van der Waals surface area (Å²) >= 11 is 8.94. The Balaban J connectivity index is 2.58. The molecule has 0 fully saturated rings. The van der Waals surface area contributed by atoms with Gasteiger partial charge in [0.25, 0.3) is 0 Å². The molecular weight excluding hydrogens is 297 g/mol. The lowest BCUT2D eigenvalue weighted by molar-refractivity contribution is 0.631. The number of aryl methyl sites for hydroxylation is 1. The number of thiol groups is 1. The van der Waals surface area contributed by atoms with E-state index >= 15 is 0 Å². The van der Waals surface area contributed by atoms with E-state index in [1.54, 1.807) is 12.1 Å². The van der Waals surface area contributed by atoms with Gasteiger partial charge in [0.05, 0.1) is 9.90 Å². The molecule has 0 radical (unpaired) electrons. The Bertz CT molecular complexity index is 491. The SMILES string of the molecule is Cc1nc(-c2cc(Br)ccc2F)sc1S. The maximum absolute atomic E-state index is 13.5. The van der Waals surface area contributed by atoms with E-state index in [-0.39, 0.29) is 5.82 Å². The molecule has 1 heterocycles. The molecule has 78 valence electrons. The zero-order valence-electron chi connectivity index (χ0n) is 7.79. The summed E-state index contributed by atoms with van der Waals surface area (Å²) in [6.07, 6.45) is 0. The Kier molecular flexibility index (Phi) is 3.13. The van der Waals surface area contributed by atoms with Crippen LogP contribution < -0.4 is 0 Å². The summed E-state index contributed by atoms with van der Waals surface area (Å²) < 4.78 is 15.2. The highest BCUT2D eigenvalue weighted by Crippen LogP contribution is 2.32. The zero-order valence-corrected chi connectivity index (χ0v) is 11.1. The van der Waals surface area contributed by atoms with Gasteiger partial charge in [0.1, 0.15) is 10.8 Å². The minimum absolute atomic E-state index is 0.264. The Morgan fingerprint density at radius 3 is 2.80 bits per heavy atom. The lowest BCUT2D eigenvalue weighted by atomic mass is 10.2. The quantitative estimate of drug-likeness (QED) is 0.775. The van der Waals surface area contributed by atoms with Crippen molar-refractivity contribution in [1.29, 1.82) is 0 Å². The molecule has 1 aromatic heterocycles. The van der Waals surface area contributed by atoms with Gasteiger partial charge in [-0.1, -0.05) is 15.9 Å². The van der Waals surface area contributed by atoms with Crippen LogP contribution in [0.2, 0.25) is 0 Å². The van der Waals surface area contributed by atoms with E-state index in [0.717, 1.165) is 14.4 Å². The Morgan fingerprint density at radius 1 is 1.47 bits per heavy atom. The molecule has 5 heteroatoms. The van der Waals surface area contributed by atoms with Gasteiger partial charge in [-0.25, -0.2) is 9.37 Å². The molecule has 0 unspecified atom stereocenters. The minimum Gasteiger partial charge on any atom is -0.240 e. The van der Waals surface area contributed by atoms with E-state index in [2.05, 4.69) is 33.5 Å². The predicted octanol–water partition coefficient (Wildman–Crippen LogP) is 4.31. The summed E-state index contributed by atoms with van der Waals surface area (Å²) in [7, 11) is 0. The molecule has 0 N–H and O–H groups in total. The molecular formula is C10H7BrFNS2. The first-order valence-corrected chi connectivity index (χ1v) is 6.25. The number of benzene rings is 1. The zero-order chi connectivity index (χ0) is 11.0. The standard InChI is InChI=1S/C10H7BrFNS2/c1-5-10(14)15-9(13-5)7-4-6(11)2-3-8(7)12/h2-4,14H,1H3. The molecule has 1 nitrogen and oxygen atoms in total. The highest BCUT2D eigenvalue weighted by atomic mass is 79.9. The maximum atomic E-state index is 13.5. The van der Waals surface area contributed by atoms with Crippen LogP contribution in [0, 0.1) is 12.7 Å². The average molecular weight is 304 g/mol. The molecule has 15 heavy (non-hydrogen) atoms. The van der Waals surface area contributed by atoms with E-state index in [1.807, 2.05) is 6.92 Å². The summed E-state index contributed by atoms with van der Waals surface area (Å²) in [6.45, 7) is 1.86. The Morgan fingerprint density at radius 2 is 2.20 bits per heavy atom. The van der Waals surface area contributed by atoms with Gasteiger partial charge < -0.3 is 0 Å². The smallest absolute Gasteiger partial charge is 0.133 e. The third-order valence-electron chi connectivity index (χ3n) is 1.93. The molecule has 0 saturated carbocycles. The van der Waals surface area contributed by atoms with Gasteiger partial charge in [-0.15, -0.1) is 24.0 Å². The first-order valence-electron chi connectivity index (χ1n) is 4.20. The number of nitrogens with zero attached hydrogens (tertiary/aromatic N) is 1. The monoisotopic (exact) mass is 303 g/mol. The van der Waals surface area contributed by atoms with Gasteiger partial charge in [0, 0.05) is 10.0 Å². The van der Waals surface area contributed by atoms with Crippen LogP contribution in [-0.2, 0) is 0 Å². The van der Waals surface area contributed by atoms with E-state index in [1.165, 1.54) is 17.4 Å². The van der Waals surface area contributed by atoms with Crippen LogP contribution in [0.1, 0.15) is 5.69 Å². The van der Waals surface area contributed by atoms with Crippen molar-refractivity contribution in [2.75, 3.05) is 0 Å². The molecule has 0 aliphatic rings. The molecule has 0 atom stereocenters. The van der Waals surface area contributed by atoms with E-state index in [0.29, 0.717) is 10.6 Å². The number of aromatic nitrogens is 1. The van der Waals surface area contributed by atoms with Crippen LogP contribution >= 0.6 is 39.9 Å². The van der Waals surface area contributed by atoms with Crippen molar-refractivity contribution >= 4 is 39.9 Å². The topological polar surface area (TPSA) is 12.9 Å². The van der Waals surface area contributed by atoms with Crippen molar-refractivity contribution in [2.45, 2.75) is 11.1 Å². The van der Waals surface area contributed by atoms with E-state index in [9.17, 15) is 4.39 Å². The minimum atomic E-state index is -0.264. The summed E-state index contributed by atoms with van der Waals surface area (Å²) in [4.78, 5) is 4.26. The fourth-order valence-electron chi connectivity index (χ4n) is 1.16. The van der Waals surface area contributed by atoms with Crippen LogP contribution in [0.4, 0.5) is 4.39 Å². The van der Waals surface area contributed by atoms with Crippen molar-refractivity contribution in [2.24, 2.45) is 0 Å². The molecule has 0 aliphatic carbocycles. The van der Waals surface area contributed by atoms with Crippen LogP contribution in [0.15, 0.2) is 26.9 Å². The second-order valence-electron chi connectivity index (χ2n) is 3.03. The van der Waals surface area contributed by atoms with Crippen molar-refractivity contribution in [3.63, 3.8) is 0 Å². The summed E-state index contributed by atoms with van der Waals surface area (Å²) in [5.41, 5.74) is 1.34. The van der Waals surface area contributed by atoms with Gasteiger partial charge in [0.15, 0.2) is 0 Å². The van der Waals surface area contributed by atoms with Gasteiger partial charge in [-0.2, -0.15) is 0 Å². The predicted molar refractivity (Wildman–Crippen MR) is 67.2 cm³/mol. The second kappa shape index (κ2) is 4.23. The third-order valence-corrected chi connectivity index (χ3v) is 4.01. The number of hydrogen-bond acceptors (Lipinski definition) is 3. The van der Waals surface area contributed by atoms with Crippen molar-refractivity contribution in [3.8, 4) is 10.6 Å².